The minimum atomic E-state index is -0.819. The highest BCUT2D eigenvalue weighted by molar-refractivity contribution is 5.92. The monoisotopic (exact) mass is 521 g/mol. The first-order valence-electron chi connectivity index (χ1n) is 12.2. The maximum Gasteiger partial charge on any atom is 0.416 e. The number of hydrogen-bond acceptors (Lipinski definition) is 7. The fourth-order valence-corrected chi connectivity index (χ4v) is 4.97. The molecule has 11 heteroatoms. The molecule has 0 spiro atoms. The standard InChI is InChI=1S/C27H25F2N5O4/c1-14-7-16(28)9-30-23(14)17-8-21-25(34-13-31-32-24(17)34)33(26(35)38-27(2,3)4)10-18-19(29)5-6-20-22(18)15(11-36-20)12-37-21/h5-9,13,15H,10-12H2,1-4H3/t15-/m1/s1. The van der Waals surface area contributed by atoms with E-state index in [1.54, 1.807) is 44.2 Å². The number of amides is 1. The number of anilines is 1. The van der Waals surface area contributed by atoms with Gasteiger partial charge in [-0.2, -0.15) is 0 Å². The molecule has 1 amide bonds. The van der Waals surface area contributed by atoms with E-state index in [0.717, 1.165) is 6.20 Å². The van der Waals surface area contributed by atoms with E-state index < -0.39 is 23.3 Å². The van der Waals surface area contributed by atoms with Crippen LogP contribution in [0.4, 0.5) is 19.4 Å². The number of nitrogens with zero attached hydrogens (tertiary/aromatic N) is 5. The Morgan fingerprint density at radius 2 is 1.89 bits per heavy atom. The molecule has 1 aromatic carbocycles. The fraction of sp³-hybridized carbons (Fsp3) is 0.333. The number of aromatic nitrogens is 4. The van der Waals surface area contributed by atoms with Crippen molar-refractivity contribution < 1.29 is 27.8 Å². The largest absolute Gasteiger partial charge is 0.493 e. The first-order valence-corrected chi connectivity index (χ1v) is 12.2. The highest BCUT2D eigenvalue weighted by Gasteiger charge is 2.37. The zero-order valence-corrected chi connectivity index (χ0v) is 21.3. The molecule has 5 heterocycles. The van der Waals surface area contributed by atoms with Crippen molar-refractivity contribution in [1.82, 2.24) is 19.6 Å². The Hall–Kier alpha value is -4.28. The SMILES string of the molecule is Cc1cc(F)cnc1-c1cc2c(n3cnnc13)N(C(=O)OC(C)(C)C)Cc1c(F)ccc3c1[C@H](CO3)CO2. The summed E-state index contributed by atoms with van der Waals surface area (Å²) in [4.78, 5) is 19.3. The van der Waals surface area contributed by atoms with Crippen LogP contribution in [0.5, 0.6) is 11.5 Å². The van der Waals surface area contributed by atoms with Gasteiger partial charge in [-0.15, -0.1) is 10.2 Å². The normalized spacial score (nSPS) is 16.6. The van der Waals surface area contributed by atoms with Gasteiger partial charge in [0.2, 0.25) is 0 Å². The molecule has 6 rings (SSSR count). The molecule has 9 nitrogen and oxygen atoms in total. The molecule has 0 bridgehead atoms. The smallest absolute Gasteiger partial charge is 0.416 e. The molecule has 4 aromatic rings. The summed E-state index contributed by atoms with van der Waals surface area (Å²) in [5, 5.41) is 8.34. The molecule has 2 aliphatic rings. The summed E-state index contributed by atoms with van der Waals surface area (Å²) in [7, 11) is 0. The van der Waals surface area contributed by atoms with Crippen LogP contribution < -0.4 is 14.4 Å². The van der Waals surface area contributed by atoms with Gasteiger partial charge in [0, 0.05) is 16.7 Å². The molecule has 0 radical (unpaired) electrons. The minimum absolute atomic E-state index is 0.138. The number of halogens is 2. The van der Waals surface area contributed by atoms with E-state index in [9.17, 15) is 9.18 Å². The Labute approximate surface area is 217 Å². The molecule has 38 heavy (non-hydrogen) atoms. The topological polar surface area (TPSA) is 91.1 Å². The third kappa shape index (κ3) is 3.98. The van der Waals surface area contributed by atoms with Crippen molar-refractivity contribution in [3.63, 3.8) is 0 Å². The number of fused-ring (bicyclic) bond motifs is 3. The van der Waals surface area contributed by atoms with E-state index in [4.69, 9.17) is 14.2 Å². The predicted molar refractivity (Wildman–Crippen MR) is 133 cm³/mol. The van der Waals surface area contributed by atoms with Crippen LogP contribution >= 0.6 is 0 Å². The average molecular weight is 522 g/mol. The van der Waals surface area contributed by atoms with E-state index in [1.807, 2.05) is 0 Å². The van der Waals surface area contributed by atoms with Gasteiger partial charge in [-0.3, -0.25) is 14.3 Å². The molecule has 0 saturated heterocycles. The van der Waals surface area contributed by atoms with E-state index in [2.05, 4.69) is 15.2 Å². The van der Waals surface area contributed by atoms with Crippen LogP contribution in [0.2, 0.25) is 0 Å². The van der Waals surface area contributed by atoms with E-state index in [0.29, 0.717) is 51.7 Å². The van der Waals surface area contributed by atoms with Gasteiger partial charge in [-0.1, -0.05) is 0 Å². The molecular weight excluding hydrogens is 496 g/mol. The summed E-state index contributed by atoms with van der Waals surface area (Å²) in [6.07, 6.45) is 1.87. The minimum Gasteiger partial charge on any atom is -0.493 e. The third-order valence-corrected chi connectivity index (χ3v) is 6.55. The number of pyridine rings is 2. The molecule has 0 aliphatic carbocycles. The lowest BCUT2D eigenvalue weighted by molar-refractivity contribution is 0.0574. The van der Waals surface area contributed by atoms with Gasteiger partial charge in [0.25, 0.3) is 0 Å². The molecular formula is C27H25F2N5O4. The summed E-state index contributed by atoms with van der Waals surface area (Å²) < 4.78 is 48.6. The Morgan fingerprint density at radius 1 is 1.13 bits per heavy atom. The number of carbonyl (C=O) groups is 1. The van der Waals surface area contributed by atoms with Gasteiger partial charge in [-0.05, 0) is 57.5 Å². The zero-order chi connectivity index (χ0) is 26.8. The molecule has 0 fully saturated rings. The van der Waals surface area contributed by atoms with E-state index >= 15 is 4.39 Å². The Morgan fingerprint density at radius 3 is 2.63 bits per heavy atom. The summed E-state index contributed by atoms with van der Waals surface area (Å²) in [6, 6.07) is 6.01. The number of benzene rings is 1. The van der Waals surface area contributed by atoms with Crippen molar-refractivity contribution >= 4 is 17.6 Å². The van der Waals surface area contributed by atoms with Gasteiger partial charge in [0.05, 0.1) is 37.6 Å². The first kappa shape index (κ1) is 24.1. The van der Waals surface area contributed by atoms with Crippen molar-refractivity contribution in [3.05, 3.63) is 65.1 Å². The fourth-order valence-electron chi connectivity index (χ4n) is 4.97. The lowest BCUT2D eigenvalue weighted by Crippen LogP contribution is -2.38. The highest BCUT2D eigenvalue weighted by atomic mass is 19.1. The van der Waals surface area contributed by atoms with Crippen LogP contribution in [-0.4, -0.2) is 44.5 Å². The molecule has 196 valence electrons. The first-order chi connectivity index (χ1) is 18.1. The van der Waals surface area contributed by atoms with Crippen LogP contribution in [0.3, 0.4) is 0 Å². The van der Waals surface area contributed by atoms with Crippen LogP contribution in [0.1, 0.15) is 43.4 Å². The Balaban J connectivity index is 1.61. The second-order valence-corrected chi connectivity index (χ2v) is 10.4. The molecule has 3 aromatic heterocycles. The lowest BCUT2D eigenvalue weighted by Gasteiger charge is -2.29. The maximum absolute atomic E-state index is 15.3. The maximum atomic E-state index is 15.3. The highest BCUT2D eigenvalue weighted by Crippen LogP contribution is 2.44. The quantitative estimate of drug-likeness (QED) is 0.341. The second kappa shape index (κ2) is 8.64. The van der Waals surface area contributed by atoms with Crippen molar-refractivity contribution in [3.8, 4) is 22.8 Å². The summed E-state index contributed by atoms with van der Waals surface area (Å²) >= 11 is 0. The van der Waals surface area contributed by atoms with Crippen molar-refractivity contribution in [2.45, 2.75) is 45.8 Å². The molecule has 0 saturated carbocycles. The number of ether oxygens (including phenoxy) is 3. The van der Waals surface area contributed by atoms with Crippen molar-refractivity contribution in [2.24, 2.45) is 0 Å². The number of rotatable bonds is 1. The lowest BCUT2D eigenvalue weighted by atomic mass is 9.95. The average Bonchev–Trinajstić information content (AvgIpc) is 3.49. The van der Waals surface area contributed by atoms with Gasteiger partial charge >= 0.3 is 6.09 Å². The second-order valence-electron chi connectivity index (χ2n) is 10.4. The summed E-state index contributed by atoms with van der Waals surface area (Å²) in [5.41, 5.74) is 2.15. The van der Waals surface area contributed by atoms with Crippen LogP contribution in [0, 0.1) is 18.6 Å². The van der Waals surface area contributed by atoms with E-state index in [-0.39, 0.29) is 24.9 Å². The van der Waals surface area contributed by atoms with Crippen LogP contribution in [0.15, 0.2) is 36.8 Å². The van der Waals surface area contributed by atoms with Gasteiger partial charge in [0.15, 0.2) is 17.2 Å². The van der Waals surface area contributed by atoms with E-state index in [1.165, 1.54) is 23.4 Å². The van der Waals surface area contributed by atoms with Crippen LogP contribution in [0.25, 0.3) is 16.9 Å². The molecule has 2 aliphatic heterocycles. The molecule has 0 N–H and O–H groups in total. The summed E-state index contributed by atoms with van der Waals surface area (Å²) in [5.74, 6) is -0.0279. The number of aryl methyl sites for hydroxylation is 1. The summed E-state index contributed by atoms with van der Waals surface area (Å²) in [6.45, 7) is 7.35. The van der Waals surface area contributed by atoms with Gasteiger partial charge in [-0.25, -0.2) is 13.6 Å². The van der Waals surface area contributed by atoms with Gasteiger partial charge in [0.1, 0.15) is 29.3 Å². The number of carbonyl (C=O) groups excluding carboxylic acids is 1. The Bertz CT molecular complexity index is 1600. The predicted octanol–water partition coefficient (Wildman–Crippen LogP) is 5.19. The molecule has 0 unspecified atom stereocenters. The van der Waals surface area contributed by atoms with Crippen LogP contribution in [-0.2, 0) is 11.3 Å². The number of hydrogen-bond donors (Lipinski definition) is 0. The van der Waals surface area contributed by atoms with Gasteiger partial charge < -0.3 is 14.2 Å². The Kier molecular flexibility index (Phi) is 5.48. The zero-order valence-electron chi connectivity index (χ0n) is 21.3. The third-order valence-electron chi connectivity index (χ3n) is 6.55. The van der Waals surface area contributed by atoms with Crippen molar-refractivity contribution in [1.29, 1.82) is 0 Å². The van der Waals surface area contributed by atoms with Crippen molar-refractivity contribution in [2.75, 3.05) is 18.1 Å². The molecule has 1 atom stereocenters.